The number of halogens is 2. The Balaban J connectivity index is 2.89. The number of benzene rings is 1. The molecular weight excluding hydrogens is 193 g/mol. The van der Waals surface area contributed by atoms with Gasteiger partial charge in [0.15, 0.2) is 0 Å². The Morgan fingerprint density at radius 1 is 1.33 bits per heavy atom. The molecule has 0 saturated carbocycles. The smallest absolute Gasteiger partial charge is 0.131 e. The molecule has 0 fully saturated rings. The fraction of sp³-hybridized carbons (Fsp3) is 0. The SMILES string of the molecule is Clc1cc(Cl)c2ccc[c]c2n1. The molecule has 0 aliphatic heterocycles. The molecule has 1 aromatic heterocycles. The van der Waals surface area contributed by atoms with Crippen LogP contribution in [0, 0.1) is 6.07 Å². The molecule has 1 radical (unpaired) electrons. The van der Waals surface area contributed by atoms with Crippen LogP contribution in [0.4, 0.5) is 0 Å². The summed E-state index contributed by atoms with van der Waals surface area (Å²) >= 11 is 11.6. The summed E-state index contributed by atoms with van der Waals surface area (Å²) in [4.78, 5) is 4.06. The summed E-state index contributed by atoms with van der Waals surface area (Å²) in [5.74, 6) is 0. The van der Waals surface area contributed by atoms with Crippen molar-refractivity contribution < 1.29 is 0 Å². The van der Waals surface area contributed by atoms with Crippen LogP contribution in [0.5, 0.6) is 0 Å². The van der Waals surface area contributed by atoms with Gasteiger partial charge in [0.1, 0.15) is 5.15 Å². The number of fused-ring (bicyclic) bond motifs is 1. The highest BCUT2D eigenvalue weighted by Gasteiger charge is 2.00. The second-order valence-electron chi connectivity index (χ2n) is 2.36. The number of para-hydroxylation sites is 1. The number of nitrogens with zero attached hydrogens (tertiary/aromatic N) is 1. The Morgan fingerprint density at radius 3 is 3.00 bits per heavy atom. The van der Waals surface area contributed by atoms with Gasteiger partial charge in [-0.2, -0.15) is 0 Å². The highest BCUT2D eigenvalue weighted by molar-refractivity contribution is 6.37. The lowest BCUT2D eigenvalue weighted by atomic mass is 10.2. The Labute approximate surface area is 79.9 Å². The molecule has 0 saturated heterocycles. The second kappa shape index (κ2) is 2.92. The van der Waals surface area contributed by atoms with E-state index < -0.39 is 0 Å². The van der Waals surface area contributed by atoms with Crippen LogP contribution in [0.25, 0.3) is 10.9 Å². The van der Waals surface area contributed by atoms with E-state index in [-0.39, 0.29) is 0 Å². The van der Waals surface area contributed by atoms with Crippen molar-refractivity contribution >= 4 is 34.1 Å². The van der Waals surface area contributed by atoms with Crippen molar-refractivity contribution in [3.63, 3.8) is 0 Å². The first-order valence-electron chi connectivity index (χ1n) is 3.40. The molecule has 0 aliphatic carbocycles. The predicted molar refractivity (Wildman–Crippen MR) is 50.6 cm³/mol. The minimum Gasteiger partial charge on any atom is -0.235 e. The molecule has 0 spiro atoms. The molecular formula is C9H4Cl2N. The zero-order chi connectivity index (χ0) is 8.55. The van der Waals surface area contributed by atoms with Crippen LogP contribution in [-0.2, 0) is 0 Å². The van der Waals surface area contributed by atoms with Crippen molar-refractivity contribution in [2.45, 2.75) is 0 Å². The van der Waals surface area contributed by atoms with Crippen LogP contribution >= 0.6 is 23.2 Å². The van der Waals surface area contributed by atoms with Crippen LogP contribution in [0.3, 0.4) is 0 Å². The average Bonchev–Trinajstić information content (AvgIpc) is 2.04. The van der Waals surface area contributed by atoms with Crippen molar-refractivity contribution in [2.24, 2.45) is 0 Å². The highest BCUT2D eigenvalue weighted by atomic mass is 35.5. The fourth-order valence-corrected chi connectivity index (χ4v) is 1.54. The molecule has 12 heavy (non-hydrogen) atoms. The number of rotatable bonds is 0. The molecule has 0 atom stereocenters. The van der Waals surface area contributed by atoms with E-state index in [0.717, 1.165) is 5.39 Å². The first-order chi connectivity index (χ1) is 5.77. The fourth-order valence-electron chi connectivity index (χ4n) is 1.03. The van der Waals surface area contributed by atoms with Crippen LogP contribution < -0.4 is 0 Å². The molecule has 2 rings (SSSR count). The molecule has 1 heterocycles. The first kappa shape index (κ1) is 7.84. The van der Waals surface area contributed by atoms with Gasteiger partial charge in [0.05, 0.1) is 10.5 Å². The molecule has 0 aliphatic rings. The summed E-state index contributed by atoms with van der Waals surface area (Å²) in [6.45, 7) is 0. The number of pyridine rings is 1. The molecule has 3 heteroatoms. The number of hydrogen-bond acceptors (Lipinski definition) is 1. The van der Waals surface area contributed by atoms with Crippen molar-refractivity contribution in [1.29, 1.82) is 0 Å². The lowest BCUT2D eigenvalue weighted by Crippen LogP contribution is -1.80. The van der Waals surface area contributed by atoms with Crippen LogP contribution in [-0.4, -0.2) is 4.98 Å². The number of aromatic nitrogens is 1. The van der Waals surface area contributed by atoms with E-state index in [1.54, 1.807) is 12.1 Å². The molecule has 0 bridgehead atoms. The molecule has 1 nitrogen and oxygen atoms in total. The van der Waals surface area contributed by atoms with Gasteiger partial charge in [0.25, 0.3) is 0 Å². The van der Waals surface area contributed by atoms with Crippen LogP contribution in [0.2, 0.25) is 10.2 Å². The largest absolute Gasteiger partial charge is 0.235 e. The third kappa shape index (κ3) is 1.26. The zero-order valence-electron chi connectivity index (χ0n) is 6.01. The maximum atomic E-state index is 5.92. The normalized spacial score (nSPS) is 10.5. The molecule has 59 valence electrons. The van der Waals surface area contributed by atoms with E-state index >= 15 is 0 Å². The van der Waals surface area contributed by atoms with Gasteiger partial charge in [-0.25, -0.2) is 4.98 Å². The van der Waals surface area contributed by atoms with E-state index in [1.807, 2.05) is 12.1 Å². The average molecular weight is 197 g/mol. The van der Waals surface area contributed by atoms with Gasteiger partial charge in [-0.05, 0) is 6.07 Å². The Morgan fingerprint density at radius 2 is 2.17 bits per heavy atom. The second-order valence-corrected chi connectivity index (χ2v) is 3.15. The van der Waals surface area contributed by atoms with Crippen molar-refractivity contribution in [3.05, 3.63) is 40.5 Å². The quantitative estimate of drug-likeness (QED) is 0.590. The van der Waals surface area contributed by atoms with Gasteiger partial charge < -0.3 is 0 Å². The summed E-state index contributed by atoms with van der Waals surface area (Å²) in [6, 6.07) is 10.1. The maximum Gasteiger partial charge on any atom is 0.131 e. The predicted octanol–water partition coefficient (Wildman–Crippen LogP) is 3.34. The third-order valence-electron chi connectivity index (χ3n) is 1.56. The summed E-state index contributed by atoms with van der Waals surface area (Å²) in [7, 11) is 0. The van der Waals surface area contributed by atoms with Gasteiger partial charge in [-0.15, -0.1) is 0 Å². The molecule has 0 amide bonds. The Hall–Kier alpha value is -0.790. The molecule has 0 unspecified atom stereocenters. The molecule has 2 aromatic rings. The van der Waals surface area contributed by atoms with Gasteiger partial charge >= 0.3 is 0 Å². The Kier molecular flexibility index (Phi) is 1.91. The minimum absolute atomic E-state index is 0.398. The van der Waals surface area contributed by atoms with E-state index in [1.165, 1.54) is 0 Å². The summed E-state index contributed by atoms with van der Waals surface area (Å²) in [5, 5.41) is 1.89. The third-order valence-corrected chi connectivity index (χ3v) is 2.06. The van der Waals surface area contributed by atoms with Crippen molar-refractivity contribution in [1.82, 2.24) is 4.98 Å². The highest BCUT2D eigenvalue weighted by Crippen LogP contribution is 2.24. The maximum absolute atomic E-state index is 5.92. The monoisotopic (exact) mass is 196 g/mol. The lowest BCUT2D eigenvalue weighted by Gasteiger charge is -1.98. The summed E-state index contributed by atoms with van der Waals surface area (Å²) in [5.41, 5.74) is 0.704. The molecule has 1 aromatic carbocycles. The topological polar surface area (TPSA) is 12.9 Å². The molecule has 0 N–H and O–H groups in total. The first-order valence-corrected chi connectivity index (χ1v) is 4.15. The van der Waals surface area contributed by atoms with Gasteiger partial charge in [-0.3, -0.25) is 0 Å². The zero-order valence-corrected chi connectivity index (χ0v) is 7.52. The van der Waals surface area contributed by atoms with Crippen LogP contribution in [0.15, 0.2) is 24.3 Å². The van der Waals surface area contributed by atoms with E-state index in [4.69, 9.17) is 23.2 Å². The standard InChI is InChI=1S/C9H4Cl2N/c10-7-5-9(11)12-8-4-2-1-3-6(7)8/h1-3,5H. The van der Waals surface area contributed by atoms with Crippen molar-refractivity contribution in [3.8, 4) is 0 Å². The van der Waals surface area contributed by atoms with Gasteiger partial charge in [0.2, 0.25) is 0 Å². The summed E-state index contributed by atoms with van der Waals surface area (Å²) < 4.78 is 0. The lowest BCUT2D eigenvalue weighted by molar-refractivity contribution is 1.41. The van der Waals surface area contributed by atoms with E-state index in [0.29, 0.717) is 15.7 Å². The van der Waals surface area contributed by atoms with Gasteiger partial charge in [-0.1, -0.05) is 41.4 Å². The van der Waals surface area contributed by atoms with E-state index in [9.17, 15) is 0 Å². The Bertz CT molecular complexity index is 426. The van der Waals surface area contributed by atoms with E-state index in [2.05, 4.69) is 11.1 Å². The number of hydrogen-bond donors (Lipinski definition) is 0. The van der Waals surface area contributed by atoms with Crippen LogP contribution in [0.1, 0.15) is 0 Å². The summed E-state index contributed by atoms with van der Waals surface area (Å²) in [6.07, 6.45) is 0. The van der Waals surface area contributed by atoms with Crippen molar-refractivity contribution in [2.75, 3.05) is 0 Å². The minimum atomic E-state index is 0.398. The van der Waals surface area contributed by atoms with Gasteiger partial charge in [0, 0.05) is 11.5 Å².